The molecule has 2 aromatic rings. The van der Waals surface area contributed by atoms with Crippen molar-refractivity contribution in [3.8, 4) is 6.01 Å². The van der Waals surface area contributed by atoms with Gasteiger partial charge in [-0.15, -0.1) is 0 Å². The summed E-state index contributed by atoms with van der Waals surface area (Å²) in [5.41, 5.74) is 0.794. The Hall–Kier alpha value is -1.81. The summed E-state index contributed by atoms with van der Waals surface area (Å²) in [5.74, 6) is 0.0387. The largest absolute Gasteiger partial charge is 0.461 e. The molecule has 0 spiro atoms. The van der Waals surface area contributed by atoms with Crippen molar-refractivity contribution < 1.29 is 19.0 Å². The van der Waals surface area contributed by atoms with Crippen molar-refractivity contribution in [2.45, 2.75) is 62.6 Å². The fourth-order valence-electron chi connectivity index (χ4n) is 6.28. The number of pyridine rings is 1. The highest BCUT2D eigenvalue weighted by Gasteiger charge is 2.49. The maximum atomic E-state index is 15.2. The highest BCUT2D eigenvalue weighted by atomic mass is 35.5. The third-order valence-corrected chi connectivity index (χ3v) is 8.17. The van der Waals surface area contributed by atoms with Gasteiger partial charge >= 0.3 is 6.01 Å². The Bertz CT molecular complexity index is 1070. The summed E-state index contributed by atoms with van der Waals surface area (Å²) in [7, 11) is 0. The summed E-state index contributed by atoms with van der Waals surface area (Å²) in [6, 6.07) is 0.490. The average molecular weight is 478 g/mol. The predicted octanol–water partition coefficient (Wildman–Crippen LogP) is 2.73. The van der Waals surface area contributed by atoms with Gasteiger partial charge in [0.2, 0.25) is 0 Å². The Morgan fingerprint density at radius 3 is 2.97 bits per heavy atom. The molecule has 178 valence electrons. The molecule has 33 heavy (non-hydrogen) atoms. The van der Waals surface area contributed by atoms with E-state index in [0.29, 0.717) is 37.4 Å². The lowest BCUT2D eigenvalue weighted by Crippen LogP contribution is -2.47. The van der Waals surface area contributed by atoms with Crippen LogP contribution in [-0.4, -0.2) is 82.1 Å². The quantitative estimate of drug-likeness (QED) is 0.673. The van der Waals surface area contributed by atoms with Crippen LogP contribution in [0.15, 0.2) is 0 Å². The van der Waals surface area contributed by atoms with Crippen molar-refractivity contribution in [3.63, 3.8) is 0 Å². The molecule has 10 heteroatoms. The minimum Gasteiger partial charge on any atom is -0.461 e. The molecule has 0 aromatic carbocycles. The molecule has 0 radical (unpaired) electrons. The number of hydrogen-bond donors (Lipinski definition) is 1. The lowest BCUT2D eigenvalue weighted by atomic mass is 9.95. The van der Waals surface area contributed by atoms with E-state index in [0.717, 1.165) is 57.3 Å². The smallest absolute Gasteiger partial charge is 0.319 e. The van der Waals surface area contributed by atoms with Crippen molar-refractivity contribution in [1.29, 1.82) is 0 Å². The third kappa shape index (κ3) is 3.55. The predicted molar refractivity (Wildman–Crippen MR) is 121 cm³/mol. The maximum Gasteiger partial charge on any atom is 0.319 e. The second-order valence-electron chi connectivity index (χ2n) is 9.72. The van der Waals surface area contributed by atoms with E-state index in [1.54, 1.807) is 0 Å². The normalized spacial score (nSPS) is 29.6. The van der Waals surface area contributed by atoms with Gasteiger partial charge in [0, 0.05) is 19.2 Å². The lowest BCUT2D eigenvalue weighted by Gasteiger charge is -2.34. The molecular weight excluding hydrogens is 449 g/mol. The van der Waals surface area contributed by atoms with Gasteiger partial charge in [-0.3, -0.25) is 4.90 Å². The molecule has 2 aromatic heterocycles. The van der Waals surface area contributed by atoms with E-state index in [1.807, 2.05) is 0 Å². The molecule has 1 N–H and O–H groups in total. The Kier molecular flexibility index (Phi) is 5.55. The van der Waals surface area contributed by atoms with Crippen molar-refractivity contribution >= 4 is 28.3 Å². The fourth-order valence-corrected chi connectivity index (χ4v) is 6.47. The topological polar surface area (TPSA) is 83.8 Å². The molecule has 3 fully saturated rings. The van der Waals surface area contributed by atoms with Crippen LogP contribution in [0.4, 0.5) is 10.2 Å². The van der Waals surface area contributed by atoms with Crippen molar-refractivity contribution in [2.75, 3.05) is 44.4 Å². The summed E-state index contributed by atoms with van der Waals surface area (Å²) in [6.07, 6.45) is 6.39. The Labute approximate surface area is 197 Å². The van der Waals surface area contributed by atoms with Crippen LogP contribution >= 0.6 is 11.6 Å². The first-order chi connectivity index (χ1) is 16.1. The van der Waals surface area contributed by atoms with Crippen LogP contribution in [0.3, 0.4) is 0 Å². The van der Waals surface area contributed by atoms with Crippen LogP contribution in [0.1, 0.15) is 44.2 Å². The zero-order valence-electron chi connectivity index (χ0n) is 18.6. The first-order valence-electron chi connectivity index (χ1n) is 12.0. The molecule has 3 saturated heterocycles. The van der Waals surface area contributed by atoms with E-state index in [2.05, 4.69) is 19.8 Å². The van der Waals surface area contributed by atoms with Crippen molar-refractivity contribution in [1.82, 2.24) is 19.9 Å². The molecule has 4 aliphatic rings. The second-order valence-corrected chi connectivity index (χ2v) is 10.1. The third-order valence-electron chi connectivity index (χ3n) is 7.92. The number of anilines is 1. The van der Waals surface area contributed by atoms with E-state index in [1.165, 1.54) is 0 Å². The lowest BCUT2D eigenvalue weighted by molar-refractivity contribution is 0.0644. The minimum atomic E-state index is -0.629. The van der Waals surface area contributed by atoms with Gasteiger partial charge in [-0.25, -0.2) is 9.37 Å². The zero-order valence-corrected chi connectivity index (χ0v) is 19.4. The SMILES string of the molecule is OC[C@@H]1CC[C@]2(COc3nc4c5c(nc(Cl)c(F)c5n3)CC[C@H]3COCCCN43)CCCN12. The molecule has 0 bridgehead atoms. The van der Waals surface area contributed by atoms with E-state index in [4.69, 9.17) is 26.1 Å². The Morgan fingerprint density at radius 2 is 2.09 bits per heavy atom. The first kappa shape index (κ1) is 21.7. The summed E-state index contributed by atoms with van der Waals surface area (Å²) in [4.78, 5) is 18.3. The van der Waals surface area contributed by atoms with Crippen LogP contribution in [0.2, 0.25) is 5.15 Å². The molecule has 6 heterocycles. The van der Waals surface area contributed by atoms with Crippen molar-refractivity contribution in [3.05, 3.63) is 16.7 Å². The van der Waals surface area contributed by atoms with Crippen molar-refractivity contribution in [2.24, 2.45) is 0 Å². The van der Waals surface area contributed by atoms with Gasteiger partial charge in [-0.1, -0.05) is 11.6 Å². The van der Waals surface area contributed by atoms with Gasteiger partial charge < -0.3 is 19.5 Å². The van der Waals surface area contributed by atoms with Gasteiger partial charge in [0.1, 0.15) is 17.9 Å². The molecule has 4 aliphatic heterocycles. The first-order valence-corrected chi connectivity index (χ1v) is 12.4. The zero-order chi connectivity index (χ0) is 22.6. The van der Waals surface area contributed by atoms with Crippen LogP contribution in [-0.2, 0) is 11.2 Å². The van der Waals surface area contributed by atoms with E-state index in [-0.39, 0.29) is 40.9 Å². The molecule has 6 rings (SSSR count). The summed E-state index contributed by atoms with van der Waals surface area (Å²) < 4.78 is 27.2. The fraction of sp³-hybridized carbons (Fsp3) is 0.696. The van der Waals surface area contributed by atoms with Gasteiger partial charge in [0.25, 0.3) is 0 Å². The van der Waals surface area contributed by atoms with Gasteiger partial charge in [-0.2, -0.15) is 9.97 Å². The molecule has 0 amide bonds. The van der Waals surface area contributed by atoms with Crippen LogP contribution < -0.4 is 9.64 Å². The number of halogens is 2. The molecule has 3 atom stereocenters. The van der Waals surface area contributed by atoms with Gasteiger partial charge in [0.05, 0.1) is 35.9 Å². The van der Waals surface area contributed by atoms with Crippen LogP contribution in [0, 0.1) is 5.82 Å². The Morgan fingerprint density at radius 1 is 1.18 bits per heavy atom. The van der Waals surface area contributed by atoms with Gasteiger partial charge in [-0.05, 0) is 51.5 Å². The number of hydrogen-bond acceptors (Lipinski definition) is 8. The maximum absolute atomic E-state index is 15.2. The second kappa shape index (κ2) is 8.45. The standard InChI is InChI=1S/C23H29ClFN5O3/c24-20-18(25)19-17-16(26-20)4-3-15-12-32-10-2-8-29(15)21(17)28-22(27-19)33-13-23-6-1-9-30(23)14(11-31)5-7-23/h14-15,31H,1-13H2/t14-,15-,23-/m0/s1. The molecule has 0 unspecified atom stereocenters. The molecule has 0 aliphatic carbocycles. The van der Waals surface area contributed by atoms with Crippen LogP contribution in [0.5, 0.6) is 6.01 Å². The highest BCUT2D eigenvalue weighted by Crippen LogP contribution is 2.43. The van der Waals surface area contributed by atoms with E-state index in [9.17, 15) is 5.11 Å². The number of ether oxygens (including phenoxy) is 2. The summed E-state index contributed by atoms with van der Waals surface area (Å²) >= 11 is 6.16. The van der Waals surface area contributed by atoms with Crippen LogP contribution in [0.25, 0.3) is 10.9 Å². The average Bonchev–Trinajstić information content (AvgIpc) is 3.23. The van der Waals surface area contributed by atoms with E-state index >= 15 is 4.39 Å². The molecule has 0 saturated carbocycles. The number of nitrogens with zero attached hydrogens (tertiary/aromatic N) is 5. The number of aliphatic hydroxyl groups is 1. The number of rotatable bonds is 4. The minimum absolute atomic E-state index is 0.113. The summed E-state index contributed by atoms with van der Waals surface area (Å²) in [5, 5.41) is 10.2. The number of fused-ring (bicyclic) bond motifs is 3. The van der Waals surface area contributed by atoms with Gasteiger partial charge in [0.15, 0.2) is 11.0 Å². The molecular formula is C23H29ClFN5O3. The van der Waals surface area contributed by atoms with E-state index < -0.39 is 5.82 Å². The highest BCUT2D eigenvalue weighted by molar-refractivity contribution is 6.30. The Balaban J connectivity index is 1.40. The summed E-state index contributed by atoms with van der Waals surface area (Å²) in [6.45, 7) is 3.63. The molecule has 8 nitrogen and oxygen atoms in total. The monoisotopic (exact) mass is 477 g/mol. The number of aryl methyl sites for hydroxylation is 1. The number of aromatic nitrogens is 3. The number of aliphatic hydroxyl groups excluding tert-OH is 1.